The fraction of sp³-hybridized carbons (Fsp3) is 0.188. The molecule has 1 aromatic carbocycles. The molecule has 0 bridgehead atoms. The van der Waals surface area contributed by atoms with Crippen molar-refractivity contribution in [1.29, 1.82) is 0 Å². The number of thiocarbonyl (C=S) groups is 1. The van der Waals surface area contributed by atoms with Crippen molar-refractivity contribution in [3.63, 3.8) is 0 Å². The third kappa shape index (κ3) is 4.26. The minimum absolute atomic E-state index is 0.175. The summed E-state index contributed by atoms with van der Waals surface area (Å²) in [6, 6.07) is 9.47. The predicted molar refractivity (Wildman–Crippen MR) is 112 cm³/mol. The van der Waals surface area contributed by atoms with Gasteiger partial charge in [0.25, 0.3) is 5.56 Å². The number of nitrogens with zero attached hydrogens (tertiary/aromatic N) is 3. The Hall–Kier alpha value is -2.50. The summed E-state index contributed by atoms with van der Waals surface area (Å²) >= 11 is 6.28. The van der Waals surface area contributed by atoms with E-state index in [1.807, 2.05) is 30.3 Å². The summed E-state index contributed by atoms with van der Waals surface area (Å²) < 4.78 is 26.1. The Morgan fingerprint density at radius 2 is 2.00 bits per heavy atom. The number of nitrogens with one attached hydrogen (secondary N) is 2. The van der Waals surface area contributed by atoms with Crippen LogP contribution in [-0.2, 0) is 23.4 Å². The van der Waals surface area contributed by atoms with Crippen molar-refractivity contribution in [2.75, 3.05) is 16.9 Å². The second-order valence-corrected chi connectivity index (χ2v) is 9.26. The number of thiazole rings is 1. The number of rotatable bonds is 5. The van der Waals surface area contributed by atoms with Gasteiger partial charge < -0.3 is 10.6 Å². The van der Waals surface area contributed by atoms with Gasteiger partial charge in [-0.2, -0.15) is 0 Å². The van der Waals surface area contributed by atoms with Gasteiger partial charge in [-0.1, -0.05) is 30.3 Å². The van der Waals surface area contributed by atoms with Crippen LogP contribution in [0.5, 0.6) is 0 Å². The van der Waals surface area contributed by atoms with Crippen LogP contribution in [0.1, 0.15) is 5.56 Å². The van der Waals surface area contributed by atoms with Crippen LogP contribution in [0.3, 0.4) is 0 Å². The van der Waals surface area contributed by atoms with E-state index in [2.05, 4.69) is 15.6 Å². The summed E-state index contributed by atoms with van der Waals surface area (Å²) in [5.41, 5.74) is 0.781. The van der Waals surface area contributed by atoms with Crippen LogP contribution in [0.25, 0.3) is 0 Å². The van der Waals surface area contributed by atoms with E-state index in [1.54, 1.807) is 23.3 Å². The van der Waals surface area contributed by atoms with Gasteiger partial charge in [0.2, 0.25) is 9.84 Å². The van der Waals surface area contributed by atoms with Gasteiger partial charge in [-0.05, 0) is 17.8 Å². The summed E-state index contributed by atoms with van der Waals surface area (Å²) in [7, 11) is -1.95. The van der Waals surface area contributed by atoms with Crippen LogP contribution in [-0.4, -0.2) is 33.3 Å². The summed E-state index contributed by atoms with van der Waals surface area (Å²) in [6.07, 6.45) is 2.61. The van der Waals surface area contributed by atoms with Crippen LogP contribution in [0, 0.1) is 0 Å². The molecule has 0 unspecified atom stereocenters. The van der Waals surface area contributed by atoms with Gasteiger partial charge >= 0.3 is 0 Å². The predicted octanol–water partition coefficient (Wildman–Crippen LogP) is 2.18. The van der Waals surface area contributed by atoms with Gasteiger partial charge in [-0.25, -0.2) is 18.1 Å². The van der Waals surface area contributed by atoms with Crippen molar-refractivity contribution >= 4 is 54.3 Å². The van der Waals surface area contributed by atoms with E-state index < -0.39 is 9.84 Å². The molecule has 142 valence electrons. The van der Waals surface area contributed by atoms with E-state index in [0.717, 1.165) is 11.8 Å². The first-order chi connectivity index (χ1) is 12.8. The number of hydrogen-bond donors (Lipinski definition) is 2. The van der Waals surface area contributed by atoms with Gasteiger partial charge in [0.1, 0.15) is 0 Å². The van der Waals surface area contributed by atoms with Crippen LogP contribution in [0.4, 0.5) is 16.6 Å². The highest BCUT2D eigenvalue weighted by atomic mass is 32.2. The Kier molecular flexibility index (Phi) is 5.44. The molecule has 0 saturated heterocycles. The molecule has 27 heavy (non-hydrogen) atoms. The average Bonchev–Trinajstić information content (AvgIpc) is 3.20. The van der Waals surface area contributed by atoms with Crippen molar-refractivity contribution in [3.8, 4) is 0 Å². The lowest BCUT2D eigenvalue weighted by atomic mass is 10.2. The van der Waals surface area contributed by atoms with Crippen LogP contribution in [0.2, 0.25) is 0 Å². The van der Waals surface area contributed by atoms with Crippen molar-refractivity contribution in [2.24, 2.45) is 7.05 Å². The molecule has 0 atom stereocenters. The van der Waals surface area contributed by atoms with Gasteiger partial charge in [0.15, 0.2) is 21.0 Å². The van der Waals surface area contributed by atoms with Crippen molar-refractivity contribution in [2.45, 2.75) is 6.54 Å². The summed E-state index contributed by atoms with van der Waals surface area (Å²) in [4.78, 5) is 17.1. The van der Waals surface area contributed by atoms with Gasteiger partial charge in [0.05, 0.1) is 6.54 Å². The Labute approximate surface area is 165 Å². The maximum Gasteiger partial charge on any atom is 0.293 e. The minimum atomic E-state index is -3.60. The molecule has 3 aromatic rings. The zero-order valence-corrected chi connectivity index (χ0v) is 17.0. The molecule has 2 N–H and O–H groups in total. The second-order valence-electron chi connectivity index (χ2n) is 5.74. The fourth-order valence-corrected chi connectivity index (χ4v) is 3.33. The quantitative estimate of drug-likeness (QED) is 0.607. The lowest BCUT2D eigenvalue weighted by Gasteiger charge is -2.12. The summed E-state index contributed by atoms with van der Waals surface area (Å²) in [6.45, 7) is 0.316. The third-order valence-electron chi connectivity index (χ3n) is 3.77. The van der Waals surface area contributed by atoms with Crippen molar-refractivity contribution in [1.82, 2.24) is 14.3 Å². The Bertz CT molecular complexity index is 1120. The van der Waals surface area contributed by atoms with Crippen molar-refractivity contribution in [3.05, 3.63) is 57.8 Å². The largest absolute Gasteiger partial charge is 0.324 e. The summed E-state index contributed by atoms with van der Waals surface area (Å²) in [5, 5.41) is 7.92. The molecular formula is C16H17N5O3S3. The highest BCUT2D eigenvalue weighted by Crippen LogP contribution is 2.24. The summed E-state index contributed by atoms with van der Waals surface area (Å²) in [5.74, 6) is 0.251. The molecular weight excluding hydrogens is 406 g/mol. The topological polar surface area (TPSA) is 98.0 Å². The highest BCUT2D eigenvalue weighted by molar-refractivity contribution is 8.17. The zero-order chi connectivity index (χ0) is 19.6. The minimum Gasteiger partial charge on any atom is -0.324 e. The smallest absolute Gasteiger partial charge is 0.293 e. The molecule has 2 heterocycles. The lowest BCUT2D eigenvalue weighted by molar-refractivity contribution is 0.541. The maximum atomic E-state index is 13.0. The molecule has 0 aliphatic carbocycles. The van der Waals surface area contributed by atoms with Gasteiger partial charge in [-0.15, -0.1) is 11.3 Å². The normalized spacial score (nSPS) is 11.3. The fourth-order valence-electron chi connectivity index (χ4n) is 2.42. The van der Waals surface area contributed by atoms with Crippen LogP contribution >= 0.6 is 23.6 Å². The molecule has 8 nitrogen and oxygen atoms in total. The van der Waals surface area contributed by atoms with E-state index in [4.69, 9.17) is 12.2 Å². The molecule has 0 spiro atoms. The Balaban J connectivity index is 2.07. The van der Waals surface area contributed by atoms with E-state index in [9.17, 15) is 13.2 Å². The Morgan fingerprint density at radius 1 is 1.30 bits per heavy atom. The molecule has 2 aromatic heterocycles. The zero-order valence-electron chi connectivity index (χ0n) is 14.5. The first-order valence-corrected chi connectivity index (χ1v) is 11.0. The second kappa shape index (κ2) is 7.62. The molecule has 3 rings (SSSR count). The van der Waals surface area contributed by atoms with Crippen molar-refractivity contribution < 1.29 is 8.42 Å². The molecule has 0 radical (unpaired) electrons. The van der Waals surface area contributed by atoms with Crippen LogP contribution < -0.4 is 16.2 Å². The van der Waals surface area contributed by atoms with Crippen LogP contribution in [0.15, 0.2) is 46.7 Å². The molecule has 0 fully saturated rings. The highest BCUT2D eigenvalue weighted by Gasteiger charge is 2.22. The van der Waals surface area contributed by atoms with Gasteiger partial charge in [-0.3, -0.25) is 9.48 Å². The first-order valence-electron chi connectivity index (χ1n) is 7.78. The van der Waals surface area contributed by atoms with Gasteiger partial charge in [0, 0.05) is 24.9 Å². The average molecular weight is 424 g/mol. The molecule has 0 aliphatic heterocycles. The van der Waals surface area contributed by atoms with E-state index in [-0.39, 0.29) is 21.4 Å². The monoisotopic (exact) mass is 423 g/mol. The number of aromatic nitrogens is 3. The number of hydrogen-bond acceptors (Lipinski definition) is 7. The molecule has 11 heteroatoms. The van der Waals surface area contributed by atoms with E-state index >= 15 is 0 Å². The number of anilines is 3. The standard InChI is InChI=1S/C16H17N5O3S3/c1-20-13(19-16(25)27(2,23)24)12(18-15-17-8-9-26-15)14(22)21(20)10-11-6-4-3-5-7-11/h3-9H,10H2,1-2H3,(H,17,18)(H,19,25). The molecule has 0 aliphatic rings. The maximum absolute atomic E-state index is 13.0. The Morgan fingerprint density at radius 3 is 2.59 bits per heavy atom. The lowest BCUT2D eigenvalue weighted by Crippen LogP contribution is -2.24. The molecule has 0 saturated carbocycles. The van der Waals surface area contributed by atoms with E-state index in [0.29, 0.717) is 11.7 Å². The number of sulfone groups is 1. The third-order valence-corrected chi connectivity index (χ3v) is 6.24. The SMILES string of the molecule is Cn1c(NC(=S)S(C)(=O)=O)c(Nc2nccs2)c(=O)n1Cc1ccccc1. The molecule has 0 amide bonds. The first kappa shape index (κ1) is 19.3. The number of benzene rings is 1. The van der Waals surface area contributed by atoms with E-state index in [1.165, 1.54) is 16.0 Å².